The first kappa shape index (κ1) is 26.0. The molecule has 0 aromatic heterocycles. The van der Waals surface area contributed by atoms with Crippen LogP contribution in [0.2, 0.25) is 0 Å². The van der Waals surface area contributed by atoms with Gasteiger partial charge in [-0.2, -0.15) is 0 Å². The van der Waals surface area contributed by atoms with E-state index in [0.717, 1.165) is 65.7 Å². The Hall–Kier alpha value is -4.12. The summed E-state index contributed by atoms with van der Waals surface area (Å²) in [7, 11) is 6.68. The second kappa shape index (κ2) is 12.7. The van der Waals surface area contributed by atoms with E-state index in [1.807, 2.05) is 42.5 Å². The van der Waals surface area contributed by atoms with Crippen LogP contribution in [0, 0.1) is 0 Å². The van der Waals surface area contributed by atoms with Gasteiger partial charge in [0.25, 0.3) is 0 Å². The number of ether oxygens (including phenoxy) is 5. The van der Waals surface area contributed by atoms with E-state index >= 15 is 0 Å². The van der Waals surface area contributed by atoms with Gasteiger partial charge >= 0.3 is 0 Å². The van der Waals surface area contributed by atoms with E-state index in [9.17, 15) is 0 Å². The Morgan fingerprint density at radius 1 is 0.405 bits per heavy atom. The second-order valence-electron chi connectivity index (χ2n) is 8.80. The van der Waals surface area contributed by atoms with Gasteiger partial charge in [0, 0.05) is 6.07 Å². The SMILES string of the molecule is COc1cccc(CCc2cc(OC)cc(Oc3ccc(CCc4ccc(OC)c(OC)c4)cc3)c2)c1. The highest BCUT2D eigenvalue weighted by Crippen LogP contribution is 2.30. The molecule has 0 heterocycles. The molecule has 4 aromatic carbocycles. The van der Waals surface area contributed by atoms with Crippen molar-refractivity contribution >= 4 is 0 Å². The molecule has 192 valence electrons. The van der Waals surface area contributed by atoms with Gasteiger partial charge in [-0.3, -0.25) is 0 Å². The standard InChI is InChI=1S/C32H34O5/c1-33-28-7-5-6-24(18-28)10-11-26-19-29(34-2)22-30(20-26)37-27-15-12-23(13-16-27)8-9-25-14-17-31(35-3)32(21-25)36-4/h5-7,12-22H,8-11H2,1-4H3. The quantitative estimate of drug-likeness (QED) is 0.209. The van der Waals surface area contributed by atoms with Gasteiger partial charge in [0.05, 0.1) is 28.4 Å². The van der Waals surface area contributed by atoms with Crippen molar-refractivity contribution in [3.63, 3.8) is 0 Å². The maximum atomic E-state index is 6.19. The Morgan fingerprint density at radius 2 is 1.00 bits per heavy atom. The number of aryl methyl sites for hydroxylation is 4. The fourth-order valence-corrected chi connectivity index (χ4v) is 4.25. The average Bonchev–Trinajstić information content (AvgIpc) is 2.95. The van der Waals surface area contributed by atoms with Crippen LogP contribution in [0.5, 0.6) is 34.5 Å². The van der Waals surface area contributed by atoms with E-state index < -0.39 is 0 Å². The smallest absolute Gasteiger partial charge is 0.160 e. The molecule has 0 atom stereocenters. The van der Waals surface area contributed by atoms with E-state index in [2.05, 4.69) is 42.5 Å². The number of benzene rings is 4. The molecule has 37 heavy (non-hydrogen) atoms. The van der Waals surface area contributed by atoms with Crippen molar-refractivity contribution in [2.75, 3.05) is 28.4 Å². The first-order valence-corrected chi connectivity index (χ1v) is 12.4. The number of hydrogen-bond acceptors (Lipinski definition) is 5. The van der Waals surface area contributed by atoms with Gasteiger partial charge in [0.1, 0.15) is 23.0 Å². The molecule has 0 radical (unpaired) electrons. The fraction of sp³-hybridized carbons (Fsp3) is 0.250. The van der Waals surface area contributed by atoms with E-state index in [1.165, 1.54) is 16.7 Å². The summed E-state index contributed by atoms with van der Waals surface area (Å²) in [6.45, 7) is 0. The van der Waals surface area contributed by atoms with E-state index in [-0.39, 0.29) is 0 Å². The van der Waals surface area contributed by atoms with Gasteiger partial charge in [-0.25, -0.2) is 0 Å². The van der Waals surface area contributed by atoms with Crippen molar-refractivity contribution in [3.05, 3.63) is 107 Å². The Bertz CT molecular complexity index is 1300. The Balaban J connectivity index is 1.38. The molecule has 0 amide bonds. The maximum absolute atomic E-state index is 6.19. The highest BCUT2D eigenvalue weighted by Gasteiger charge is 2.07. The fourth-order valence-electron chi connectivity index (χ4n) is 4.25. The Labute approximate surface area is 219 Å². The number of rotatable bonds is 12. The summed E-state index contributed by atoms with van der Waals surface area (Å²) in [5.41, 5.74) is 4.83. The molecule has 4 rings (SSSR count). The normalized spacial score (nSPS) is 10.6. The summed E-state index contributed by atoms with van der Waals surface area (Å²) in [6.07, 6.45) is 3.60. The van der Waals surface area contributed by atoms with Crippen molar-refractivity contribution in [1.29, 1.82) is 0 Å². The summed E-state index contributed by atoms with van der Waals surface area (Å²) < 4.78 is 27.8. The topological polar surface area (TPSA) is 46.2 Å². The zero-order valence-electron chi connectivity index (χ0n) is 22.0. The lowest BCUT2D eigenvalue weighted by molar-refractivity contribution is 0.354. The van der Waals surface area contributed by atoms with Crippen molar-refractivity contribution in [1.82, 2.24) is 0 Å². The van der Waals surface area contributed by atoms with Crippen molar-refractivity contribution in [2.24, 2.45) is 0 Å². The molecule has 0 aliphatic carbocycles. The zero-order valence-corrected chi connectivity index (χ0v) is 22.0. The molecule has 0 N–H and O–H groups in total. The van der Waals surface area contributed by atoms with Gasteiger partial charge in [-0.05, 0) is 96.5 Å². The van der Waals surface area contributed by atoms with Crippen LogP contribution < -0.4 is 23.7 Å². The minimum atomic E-state index is 0.744. The lowest BCUT2D eigenvalue weighted by Gasteiger charge is -2.12. The lowest BCUT2D eigenvalue weighted by Crippen LogP contribution is -1.96. The predicted molar refractivity (Wildman–Crippen MR) is 147 cm³/mol. The third-order valence-corrected chi connectivity index (χ3v) is 6.32. The Kier molecular flexibility index (Phi) is 8.93. The first-order valence-electron chi connectivity index (χ1n) is 12.4. The minimum absolute atomic E-state index is 0.744. The van der Waals surface area contributed by atoms with Crippen LogP contribution in [0.15, 0.2) is 84.9 Å². The van der Waals surface area contributed by atoms with Gasteiger partial charge in [-0.15, -0.1) is 0 Å². The van der Waals surface area contributed by atoms with Crippen molar-refractivity contribution < 1.29 is 23.7 Å². The van der Waals surface area contributed by atoms with E-state index in [0.29, 0.717) is 0 Å². The van der Waals surface area contributed by atoms with Gasteiger partial charge in [0.15, 0.2) is 11.5 Å². The van der Waals surface area contributed by atoms with Gasteiger partial charge in [-0.1, -0.05) is 30.3 Å². The van der Waals surface area contributed by atoms with Gasteiger partial charge in [0.2, 0.25) is 0 Å². The summed E-state index contributed by atoms with van der Waals surface area (Å²) in [4.78, 5) is 0. The molecular formula is C32H34O5. The molecule has 4 aromatic rings. The Morgan fingerprint density at radius 3 is 1.70 bits per heavy atom. The van der Waals surface area contributed by atoms with Crippen LogP contribution in [0.4, 0.5) is 0 Å². The third-order valence-electron chi connectivity index (χ3n) is 6.32. The number of hydrogen-bond donors (Lipinski definition) is 0. The van der Waals surface area contributed by atoms with E-state index in [1.54, 1.807) is 28.4 Å². The van der Waals surface area contributed by atoms with Crippen LogP contribution in [0.3, 0.4) is 0 Å². The molecule has 0 saturated carbocycles. The molecule has 5 heteroatoms. The van der Waals surface area contributed by atoms with Gasteiger partial charge < -0.3 is 23.7 Å². The molecule has 0 saturated heterocycles. The molecule has 0 unspecified atom stereocenters. The maximum Gasteiger partial charge on any atom is 0.160 e. The van der Waals surface area contributed by atoms with Crippen molar-refractivity contribution in [3.8, 4) is 34.5 Å². The van der Waals surface area contributed by atoms with Crippen LogP contribution in [0.25, 0.3) is 0 Å². The monoisotopic (exact) mass is 498 g/mol. The van der Waals surface area contributed by atoms with Crippen molar-refractivity contribution in [2.45, 2.75) is 25.7 Å². The average molecular weight is 499 g/mol. The summed E-state index contributed by atoms with van der Waals surface area (Å²) in [6, 6.07) is 28.5. The molecule has 0 fully saturated rings. The molecule has 5 nitrogen and oxygen atoms in total. The molecule has 0 bridgehead atoms. The summed E-state index contributed by atoms with van der Waals surface area (Å²) in [5, 5.41) is 0. The molecular weight excluding hydrogens is 464 g/mol. The zero-order chi connectivity index (χ0) is 26.0. The largest absolute Gasteiger partial charge is 0.497 e. The summed E-state index contributed by atoms with van der Waals surface area (Å²) >= 11 is 0. The second-order valence-corrected chi connectivity index (χ2v) is 8.80. The first-order chi connectivity index (χ1) is 18.1. The van der Waals surface area contributed by atoms with E-state index in [4.69, 9.17) is 23.7 Å². The van der Waals surface area contributed by atoms with Crippen LogP contribution in [-0.2, 0) is 25.7 Å². The lowest BCUT2D eigenvalue weighted by atomic mass is 10.0. The molecule has 0 aliphatic heterocycles. The molecule has 0 spiro atoms. The molecule has 0 aliphatic rings. The third kappa shape index (κ3) is 7.20. The minimum Gasteiger partial charge on any atom is -0.497 e. The number of methoxy groups -OCH3 is 4. The van der Waals surface area contributed by atoms with Crippen LogP contribution >= 0.6 is 0 Å². The highest BCUT2D eigenvalue weighted by atomic mass is 16.5. The van der Waals surface area contributed by atoms with Crippen LogP contribution in [0.1, 0.15) is 22.3 Å². The van der Waals surface area contributed by atoms with Crippen LogP contribution in [-0.4, -0.2) is 28.4 Å². The summed E-state index contributed by atoms with van der Waals surface area (Å²) in [5.74, 6) is 4.71. The predicted octanol–water partition coefficient (Wildman–Crippen LogP) is 7.08. The highest BCUT2D eigenvalue weighted by molar-refractivity contribution is 5.44.